The average Bonchev–Trinajstić information content (AvgIpc) is 2.92. The molecule has 0 amide bonds. The zero-order valence-electron chi connectivity index (χ0n) is 11.5. The molecular formula is C15H21NO2S. The fourth-order valence-corrected chi connectivity index (χ4v) is 3.54. The van der Waals surface area contributed by atoms with Crippen molar-refractivity contribution < 1.29 is 9.53 Å². The first-order valence-electron chi connectivity index (χ1n) is 6.78. The molecule has 0 aromatic heterocycles. The minimum absolute atomic E-state index is 0.129. The molecular weight excluding hydrogens is 258 g/mol. The Morgan fingerprint density at radius 1 is 1.47 bits per heavy atom. The number of aryl methyl sites for hydroxylation is 1. The number of hydrogen-bond acceptors (Lipinski definition) is 4. The number of benzene rings is 1. The van der Waals surface area contributed by atoms with Crippen molar-refractivity contribution in [3.8, 4) is 0 Å². The van der Waals surface area contributed by atoms with Crippen LogP contribution in [0.2, 0.25) is 0 Å². The van der Waals surface area contributed by atoms with E-state index >= 15 is 0 Å². The van der Waals surface area contributed by atoms with Crippen LogP contribution in [-0.2, 0) is 9.53 Å². The van der Waals surface area contributed by atoms with Gasteiger partial charge in [0.05, 0.1) is 6.61 Å². The van der Waals surface area contributed by atoms with Crippen molar-refractivity contribution in [1.82, 2.24) is 0 Å². The largest absolute Gasteiger partial charge is 0.464 e. The van der Waals surface area contributed by atoms with Crippen LogP contribution in [0.25, 0.3) is 0 Å². The number of carbonyl (C=O) groups excluding carboxylic acids is 1. The highest BCUT2D eigenvalue weighted by molar-refractivity contribution is 7.99. The molecule has 104 valence electrons. The van der Waals surface area contributed by atoms with Crippen LogP contribution in [0.15, 0.2) is 24.3 Å². The molecule has 1 aromatic rings. The molecule has 0 saturated carbocycles. The second kappa shape index (κ2) is 6.85. The van der Waals surface area contributed by atoms with Crippen LogP contribution in [0.4, 0.5) is 5.69 Å². The standard InChI is InChI=1S/C15H21NO2S/c1-3-18-15(17)14(12-8-9-19-10-12)16-13-6-4-11(2)5-7-13/h4-7,12,14,16H,3,8-10H2,1-2H3. The summed E-state index contributed by atoms with van der Waals surface area (Å²) in [6, 6.07) is 7.91. The first-order chi connectivity index (χ1) is 9.20. The third-order valence-electron chi connectivity index (χ3n) is 3.35. The van der Waals surface area contributed by atoms with Crippen LogP contribution in [0.3, 0.4) is 0 Å². The topological polar surface area (TPSA) is 38.3 Å². The highest BCUT2D eigenvalue weighted by Crippen LogP contribution is 2.28. The van der Waals surface area contributed by atoms with Crippen molar-refractivity contribution in [1.29, 1.82) is 0 Å². The number of rotatable bonds is 5. The molecule has 1 fully saturated rings. The van der Waals surface area contributed by atoms with Gasteiger partial charge in [-0.1, -0.05) is 17.7 Å². The van der Waals surface area contributed by atoms with Gasteiger partial charge in [-0.2, -0.15) is 11.8 Å². The SMILES string of the molecule is CCOC(=O)C(Nc1ccc(C)cc1)C1CCSC1. The summed E-state index contributed by atoms with van der Waals surface area (Å²) in [4.78, 5) is 12.1. The number of carbonyl (C=O) groups is 1. The fourth-order valence-electron chi connectivity index (χ4n) is 2.25. The van der Waals surface area contributed by atoms with Gasteiger partial charge in [-0.3, -0.25) is 0 Å². The maximum Gasteiger partial charge on any atom is 0.328 e. The molecule has 0 radical (unpaired) electrons. The lowest BCUT2D eigenvalue weighted by molar-refractivity contribution is -0.145. The van der Waals surface area contributed by atoms with E-state index in [4.69, 9.17) is 4.74 Å². The van der Waals surface area contributed by atoms with Gasteiger partial charge in [-0.15, -0.1) is 0 Å². The van der Waals surface area contributed by atoms with Crippen LogP contribution < -0.4 is 5.32 Å². The third kappa shape index (κ3) is 3.90. The van der Waals surface area contributed by atoms with Crippen LogP contribution in [0.5, 0.6) is 0 Å². The lowest BCUT2D eigenvalue weighted by Crippen LogP contribution is -2.38. The Bertz CT molecular complexity index is 413. The number of ether oxygens (including phenoxy) is 1. The zero-order chi connectivity index (χ0) is 13.7. The van der Waals surface area contributed by atoms with E-state index in [0.717, 1.165) is 23.6 Å². The van der Waals surface area contributed by atoms with Crippen LogP contribution in [0, 0.1) is 12.8 Å². The summed E-state index contributed by atoms with van der Waals surface area (Å²) in [5, 5.41) is 3.34. The van der Waals surface area contributed by atoms with Crippen LogP contribution in [0.1, 0.15) is 18.9 Å². The summed E-state index contributed by atoms with van der Waals surface area (Å²) < 4.78 is 5.20. The predicted octanol–water partition coefficient (Wildman–Crippen LogP) is 3.09. The van der Waals surface area contributed by atoms with E-state index in [1.807, 2.05) is 43.0 Å². The lowest BCUT2D eigenvalue weighted by Gasteiger charge is -2.23. The normalized spacial score (nSPS) is 20.0. The number of thioether (sulfide) groups is 1. The Balaban J connectivity index is 2.08. The summed E-state index contributed by atoms with van der Waals surface area (Å²) in [6.45, 7) is 4.34. The summed E-state index contributed by atoms with van der Waals surface area (Å²) >= 11 is 1.91. The molecule has 2 rings (SSSR count). The second-order valence-electron chi connectivity index (χ2n) is 4.86. The minimum Gasteiger partial charge on any atom is -0.464 e. The molecule has 2 unspecified atom stereocenters. The van der Waals surface area contributed by atoms with Crippen molar-refractivity contribution in [3.63, 3.8) is 0 Å². The van der Waals surface area contributed by atoms with Crippen LogP contribution in [-0.4, -0.2) is 30.1 Å². The molecule has 0 aliphatic carbocycles. The van der Waals surface area contributed by atoms with Crippen molar-refractivity contribution >= 4 is 23.4 Å². The van der Waals surface area contributed by atoms with Gasteiger partial charge in [0.2, 0.25) is 0 Å². The maximum atomic E-state index is 12.1. The number of hydrogen-bond donors (Lipinski definition) is 1. The Kier molecular flexibility index (Phi) is 5.14. The van der Waals surface area contributed by atoms with Crippen LogP contribution >= 0.6 is 11.8 Å². The highest BCUT2D eigenvalue weighted by Gasteiger charge is 2.32. The van der Waals surface area contributed by atoms with Gasteiger partial charge in [-0.25, -0.2) is 4.79 Å². The Labute approximate surface area is 119 Å². The predicted molar refractivity (Wildman–Crippen MR) is 80.7 cm³/mol. The summed E-state index contributed by atoms with van der Waals surface area (Å²) in [6.07, 6.45) is 1.08. The smallest absolute Gasteiger partial charge is 0.328 e. The van der Waals surface area contributed by atoms with E-state index in [1.165, 1.54) is 5.56 Å². The minimum atomic E-state index is -0.224. The Morgan fingerprint density at radius 3 is 2.79 bits per heavy atom. The van der Waals surface area contributed by atoms with E-state index in [-0.39, 0.29) is 12.0 Å². The molecule has 0 bridgehead atoms. The third-order valence-corrected chi connectivity index (χ3v) is 4.54. The highest BCUT2D eigenvalue weighted by atomic mass is 32.2. The first-order valence-corrected chi connectivity index (χ1v) is 7.93. The number of esters is 1. The molecule has 3 nitrogen and oxygen atoms in total. The molecule has 2 atom stereocenters. The van der Waals surface area contributed by atoms with Gasteiger partial charge in [-0.05, 0) is 49.8 Å². The number of anilines is 1. The van der Waals surface area contributed by atoms with Gasteiger partial charge in [0.15, 0.2) is 0 Å². The summed E-state index contributed by atoms with van der Waals surface area (Å²) in [7, 11) is 0. The quantitative estimate of drug-likeness (QED) is 0.841. The van der Waals surface area contributed by atoms with E-state index < -0.39 is 0 Å². The van der Waals surface area contributed by atoms with Gasteiger partial charge >= 0.3 is 5.97 Å². The van der Waals surface area contributed by atoms with Gasteiger partial charge in [0.25, 0.3) is 0 Å². The van der Waals surface area contributed by atoms with E-state index in [2.05, 4.69) is 12.2 Å². The summed E-state index contributed by atoms with van der Waals surface area (Å²) in [5.74, 6) is 2.40. The van der Waals surface area contributed by atoms with Crippen molar-refractivity contribution in [2.75, 3.05) is 23.4 Å². The molecule has 1 aromatic carbocycles. The molecule has 0 spiro atoms. The van der Waals surface area contributed by atoms with Gasteiger partial charge < -0.3 is 10.1 Å². The lowest BCUT2D eigenvalue weighted by atomic mass is 9.99. The molecule has 4 heteroatoms. The second-order valence-corrected chi connectivity index (χ2v) is 6.01. The van der Waals surface area contributed by atoms with Crippen molar-refractivity contribution in [2.45, 2.75) is 26.3 Å². The summed E-state index contributed by atoms with van der Waals surface area (Å²) in [5.41, 5.74) is 2.20. The van der Waals surface area contributed by atoms with Crippen molar-refractivity contribution in [3.05, 3.63) is 29.8 Å². The monoisotopic (exact) mass is 279 g/mol. The van der Waals surface area contributed by atoms with E-state index in [1.54, 1.807) is 0 Å². The Morgan fingerprint density at radius 2 is 2.21 bits per heavy atom. The van der Waals surface area contributed by atoms with Gasteiger partial charge in [0.1, 0.15) is 6.04 Å². The molecule has 1 saturated heterocycles. The van der Waals surface area contributed by atoms with E-state index in [0.29, 0.717) is 12.5 Å². The molecule has 19 heavy (non-hydrogen) atoms. The zero-order valence-corrected chi connectivity index (χ0v) is 12.3. The molecule has 1 aliphatic heterocycles. The molecule has 1 N–H and O–H groups in total. The first kappa shape index (κ1) is 14.3. The van der Waals surface area contributed by atoms with Gasteiger partial charge in [0, 0.05) is 5.69 Å². The fraction of sp³-hybridized carbons (Fsp3) is 0.533. The molecule has 1 heterocycles. The van der Waals surface area contributed by atoms with E-state index in [9.17, 15) is 4.79 Å². The van der Waals surface area contributed by atoms with Crippen molar-refractivity contribution in [2.24, 2.45) is 5.92 Å². The maximum absolute atomic E-state index is 12.1. The Hall–Kier alpha value is -1.16. The average molecular weight is 279 g/mol. The molecule has 1 aliphatic rings. The number of nitrogens with one attached hydrogen (secondary N) is 1.